The van der Waals surface area contributed by atoms with E-state index in [1.165, 1.54) is 37.8 Å². The summed E-state index contributed by atoms with van der Waals surface area (Å²) >= 11 is 0. The topological polar surface area (TPSA) is 82.9 Å². The van der Waals surface area contributed by atoms with E-state index in [0.29, 0.717) is 12.6 Å². The molecule has 2 heterocycles. The summed E-state index contributed by atoms with van der Waals surface area (Å²) < 4.78 is 15.3. The Balaban J connectivity index is 1.41. The summed E-state index contributed by atoms with van der Waals surface area (Å²) in [7, 11) is 1.96. The standard InChI is InChI=1S/C21H28FN7/c1-14-27-28-20(29(14)2)13-25-21(26-17-5-3-4-6-17)23-10-9-15-12-24-19-11-16(22)7-8-18(15)19/h7-8,11-12,17,24H,3-6,9-10,13H2,1-2H3,(H2,23,25,26). The van der Waals surface area contributed by atoms with Gasteiger partial charge in [0.05, 0.1) is 0 Å². The zero-order chi connectivity index (χ0) is 20.2. The number of halogens is 1. The van der Waals surface area contributed by atoms with Gasteiger partial charge in [0.1, 0.15) is 18.2 Å². The maximum atomic E-state index is 13.4. The van der Waals surface area contributed by atoms with Crippen LogP contribution in [0.4, 0.5) is 4.39 Å². The van der Waals surface area contributed by atoms with Crippen molar-refractivity contribution in [1.29, 1.82) is 0 Å². The van der Waals surface area contributed by atoms with Crippen molar-refractivity contribution in [3.8, 4) is 0 Å². The number of nitrogens with zero attached hydrogens (tertiary/aromatic N) is 4. The molecule has 3 aromatic rings. The minimum atomic E-state index is -0.224. The number of hydrogen-bond donors (Lipinski definition) is 3. The number of fused-ring (bicyclic) bond motifs is 1. The van der Waals surface area contributed by atoms with Gasteiger partial charge in [-0.25, -0.2) is 9.38 Å². The second kappa shape index (κ2) is 8.63. The highest BCUT2D eigenvalue weighted by Crippen LogP contribution is 2.20. The second-order valence-electron chi connectivity index (χ2n) is 7.69. The highest BCUT2D eigenvalue weighted by molar-refractivity contribution is 5.83. The SMILES string of the molecule is Cc1nnc(CN=C(NCCc2c[nH]c3cc(F)ccc23)NC2CCCC2)n1C. The molecule has 7 nitrogen and oxygen atoms in total. The van der Waals surface area contributed by atoms with Crippen LogP contribution in [-0.2, 0) is 20.0 Å². The fraction of sp³-hybridized carbons (Fsp3) is 0.476. The molecule has 0 aliphatic heterocycles. The van der Waals surface area contributed by atoms with E-state index >= 15 is 0 Å². The van der Waals surface area contributed by atoms with Gasteiger partial charge in [0.25, 0.3) is 0 Å². The van der Waals surface area contributed by atoms with Crippen LogP contribution in [0, 0.1) is 12.7 Å². The van der Waals surface area contributed by atoms with Gasteiger partial charge in [0.15, 0.2) is 11.8 Å². The van der Waals surface area contributed by atoms with Gasteiger partial charge in [-0.1, -0.05) is 12.8 Å². The Labute approximate surface area is 169 Å². The van der Waals surface area contributed by atoms with Crippen LogP contribution in [0.3, 0.4) is 0 Å². The number of benzene rings is 1. The van der Waals surface area contributed by atoms with Crippen LogP contribution in [0.5, 0.6) is 0 Å². The molecule has 1 saturated carbocycles. The first-order valence-corrected chi connectivity index (χ1v) is 10.3. The molecule has 0 amide bonds. The van der Waals surface area contributed by atoms with Crippen molar-refractivity contribution in [2.24, 2.45) is 12.0 Å². The van der Waals surface area contributed by atoms with E-state index < -0.39 is 0 Å². The lowest BCUT2D eigenvalue weighted by molar-refractivity contribution is 0.610. The van der Waals surface area contributed by atoms with Crippen molar-refractivity contribution in [3.63, 3.8) is 0 Å². The summed E-state index contributed by atoms with van der Waals surface area (Å²) in [5.41, 5.74) is 1.99. The second-order valence-corrected chi connectivity index (χ2v) is 7.69. The monoisotopic (exact) mass is 397 g/mol. The Morgan fingerprint density at radius 1 is 1.31 bits per heavy atom. The van der Waals surface area contributed by atoms with Gasteiger partial charge < -0.3 is 20.2 Å². The predicted octanol–water partition coefficient (Wildman–Crippen LogP) is 2.96. The van der Waals surface area contributed by atoms with Crippen LogP contribution < -0.4 is 10.6 Å². The minimum Gasteiger partial charge on any atom is -0.361 e. The average Bonchev–Trinajstić information content (AvgIpc) is 3.43. The normalized spacial score (nSPS) is 15.3. The summed E-state index contributed by atoms with van der Waals surface area (Å²) in [6.45, 7) is 3.15. The van der Waals surface area contributed by atoms with Crippen molar-refractivity contribution < 1.29 is 4.39 Å². The van der Waals surface area contributed by atoms with Gasteiger partial charge in [-0.15, -0.1) is 10.2 Å². The number of nitrogens with one attached hydrogen (secondary N) is 3. The summed E-state index contributed by atoms with van der Waals surface area (Å²) in [6, 6.07) is 5.34. The summed E-state index contributed by atoms with van der Waals surface area (Å²) in [6.07, 6.45) is 7.66. The van der Waals surface area contributed by atoms with Gasteiger partial charge in [0.2, 0.25) is 0 Å². The molecule has 0 unspecified atom stereocenters. The number of guanidine groups is 1. The third kappa shape index (κ3) is 4.58. The summed E-state index contributed by atoms with van der Waals surface area (Å²) in [4.78, 5) is 7.89. The molecule has 1 fully saturated rings. The van der Waals surface area contributed by atoms with E-state index in [4.69, 9.17) is 4.99 Å². The number of H-pyrrole nitrogens is 1. The van der Waals surface area contributed by atoms with Crippen LogP contribution in [0.2, 0.25) is 0 Å². The molecule has 4 rings (SSSR count). The van der Waals surface area contributed by atoms with E-state index in [9.17, 15) is 4.39 Å². The molecule has 0 radical (unpaired) electrons. The van der Waals surface area contributed by atoms with E-state index in [1.54, 1.807) is 0 Å². The number of rotatable bonds is 6. The smallest absolute Gasteiger partial charge is 0.191 e. The maximum Gasteiger partial charge on any atom is 0.191 e. The highest BCUT2D eigenvalue weighted by Gasteiger charge is 2.16. The molecule has 1 aromatic carbocycles. The number of aromatic amines is 1. The molecule has 0 atom stereocenters. The van der Waals surface area contributed by atoms with Crippen LogP contribution in [0.1, 0.15) is 42.9 Å². The molecule has 0 spiro atoms. The number of hydrogen-bond acceptors (Lipinski definition) is 3. The quantitative estimate of drug-likeness (QED) is 0.441. The molecule has 29 heavy (non-hydrogen) atoms. The largest absolute Gasteiger partial charge is 0.361 e. The molecule has 0 saturated heterocycles. The highest BCUT2D eigenvalue weighted by atomic mass is 19.1. The number of aromatic nitrogens is 4. The van der Waals surface area contributed by atoms with E-state index in [1.807, 2.05) is 30.8 Å². The molecule has 1 aliphatic carbocycles. The zero-order valence-corrected chi connectivity index (χ0v) is 17.0. The molecule has 2 aromatic heterocycles. The number of aryl methyl sites for hydroxylation is 1. The summed E-state index contributed by atoms with van der Waals surface area (Å²) in [5, 5.41) is 16.4. The van der Waals surface area contributed by atoms with Gasteiger partial charge >= 0.3 is 0 Å². The maximum absolute atomic E-state index is 13.4. The summed E-state index contributed by atoms with van der Waals surface area (Å²) in [5.74, 6) is 2.31. The van der Waals surface area contributed by atoms with Crippen molar-refractivity contribution in [3.05, 3.63) is 47.4 Å². The Morgan fingerprint density at radius 3 is 2.90 bits per heavy atom. The lowest BCUT2D eigenvalue weighted by Crippen LogP contribution is -2.43. The van der Waals surface area contributed by atoms with Crippen LogP contribution in [-0.4, -0.2) is 38.3 Å². The van der Waals surface area contributed by atoms with Crippen LogP contribution in [0.25, 0.3) is 10.9 Å². The Bertz CT molecular complexity index is 998. The molecular weight excluding hydrogens is 369 g/mol. The molecule has 8 heteroatoms. The molecule has 0 bridgehead atoms. The molecule has 1 aliphatic rings. The fourth-order valence-corrected chi connectivity index (χ4v) is 3.84. The molecule has 154 valence electrons. The lowest BCUT2D eigenvalue weighted by Gasteiger charge is -2.17. The Hall–Kier alpha value is -2.90. The molecule has 3 N–H and O–H groups in total. The van der Waals surface area contributed by atoms with E-state index in [-0.39, 0.29) is 5.82 Å². The Kier molecular flexibility index (Phi) is 5.78. The van der Waals surface area contributed by atoms with Crippen LogP contribution in [0.15, 0.2) is 29.4 Å². The predicted molar refractivity (Wildman–Crippen MR) is 112 cm³/mol. The third-order valence-electron chi connectivity index (χ3n) is 5.67. The van der Waals surface area contributed by atoms with Gasteiger partial charge in [-0.3, -0.25) is 0 Å². The van der Waals surface area contributed by atoms with Crippen molar-refractivity contribution in [1.82, 2.24) is 30.4 Å². The van der Waals surface area contributed by atoms with Crippen molar-refractivity contribution in [2.75, 3.05) is 6.54 Å². The third-order valence-corrected chi connectivity index (χ3v) is 5.67. The Morgan fingerprint density at radius 2 is 2.14 bits per heavy atom. The van der Waals surface area contributed by atoms with Crippen molar-refractivity contribution in [2.45, 2.75) is 51.6 Å². The fourth-order valence-electron chi connectivity index (χ4n) is 3.84. The van der Waals surface area contributed by atoms with Gasteiger partial charge in [0, 0.05) is 36.7 Å². The van der Waals surface area contributed by atoms with Crippen molar-refractivity contribution >= 4 is 16.9 Å². The zero-order valence-electron chi connectivity index (χ0n) is 17.0. The lowest BCUT2D eigenvalue weighted by atomic mass is 10.1. The number of aliphatic imine (C=N–C) groups is 1. The minimum absolute atomic E-state index is 0.224. The van der Waals surface area contributed by atoms with E-state index in [0.717, 1.165) is 47.0 Å². The van der Waals surface area contributed by atoms with Gasteiger partial charge in [-0.05, 0) is 49.9 Å². The van der Waals surface area contributed by atoms with Crippen LogP contribution >= 0.6 is 0 Å². The van der Waals surface area contributed by atoms with E-state index in [2.05, 4.69) is 25.8 Å². The molecular formula is C21H28FN7. The average molecular weight is 398 g/mol. The first kappa shape index (κ1) is 19.4. The first-order chi connectivity index (χ1) is 14.1. The van der Waals surface area contributed by atoms with Gasteiger partial charge in [-0.2, -0.15) is 0 Å². The first-order valence-electron chi connectivity index (χ1n) is 10.3.